The van der Waals surface area contributed by atoms with Crippen molar-refractivity contribution in [1.29, 1.82) is 0 Å². The van der Waals surface area contributed by atoms with Crippen molar-refractivity contribution in [3.8, 4) is 0 Å². The molecule has 8 heteroatoms. The Labute approximate surface area is 166 Å². The van der Waals surface area contributed by atoms with E-state index in [4.69, 9.17) is 9.97 Å². The molecule has 0 saturated carbocycles. The first-order valence-corrected chi connectivity index (χ1v) is 9.79. The number of aliphatic hydroxyl groups is 1. The second-order valence-corrected chi connectivity index (χ2v) is 7.56. The summed E-state index contributed by atoms with van der Waals surface area (Å²) in [6.45, 7) is 6.86. The molecule has 1 saturated heterocycles. The van der Waals surface area contributed by atoms with Gasteiger partial charge in [0, 0.05) is 25.0 Å². The van der Waals surface area contributed by atoms with Gasteiger partial charge in [-0.3, -0.25) is 9.69 Å². The minimum Gasteiger partial charge on any atom is -0.394 e. The third kappa shape index (κ3) is 4.57. The number of rotatable bonds is 8. The molecule has 1 aliphatic rings. The van der Waals surface area contributed by atoms with Crippen molar-refractivity contribution in [1.82, 2.24) is 25.1 Å². The minimum absolute atomic E-state index is 0.0425. The Balaban J connectivity index is 1.88. The van der Waals surface area contributed by atoms with Gasteiger partial charge in [-0.05, 0) is 25.1 Å². The van der Waals surface area contributed by atoms with Crippen molar-refractivity contribution in [2.24, 2.45) is 5.92 Å². The predicted octanol–water partition coefficient (Wildman–Crippen LogP) is 0.878. The SMILES string of the molecule is CNC1CN(C=O)CCN1Cc1nc(NC(CO)C(C)C)c2ccccc2n1. The van der Waals surface area contributed by atoms with Crippen molar-refractivity contribution in [3.63, 3.8) is 0 Å². The fourth-order valence-electron chi connectivity index (χ4n) is 3.49. The lowest BCUT2D eigenvalue weighted by Gasteiger charge is -2.39. The van der Waals surface area contributed by atoms with Crippen molar-refractivity contribution in [2.45, 2.75) is 32.6 Å². The molecule has 0 radical (unpaired) electrons. The highest BCUT2D eigenvalue weighted by atomic mass is 16.3. The predicted molar refractivity (Wildman–Crippen MR) is 110 cm³/mol. The Kier molecular flexibility index (Phi) is 6.77. The van der Waals surface area contributed by atoms with Crippen LogP contribution in [0.2, 0.25) is 0 Å². The number of carbonyl (C=O) groups excluding carboxylic acids is 1. The van der Waals surface area contributed by atoms with Gasteiger partial charge in [-0.1, -0.05) is 26.0 Å². The van der Waals surface area contributed by atoms with Gasteiger partial charge in [-0.2, -0.15) is 0 Å². The van der Waals surface area contributed by atoms with E-state index in [1.165, 1.54) is 0 Å². The highest BCUT2D eigenvalue weighted by Crippen LogP contribution is 2.23. The van der Waals surface area contributed by atoms with Crippen LogP contribution >= 0.6 is 0 Å². The number of carbonyl (C=O) groups is 1. The van der Waals surface area contributed by atoms with E-state index in [1.54, 1.807) is 4.90 Å². The van der Waals surface area contributed by atoms with Gasteiger partial charge < -0.3 is 20.6 Å². The third-order valence-electron chi connectivity index (χ3n) is 5.32. The van der Waals surface area contributed by atoms with E-state index in [1.807, 2.05) is 31.3 Å². The summed E-state index contributed by atoms with van der Waals surface area (Å²) < 4.78 is 0. The van der Waals surface area contributed by atoms with Gasteiger partial charge >= 0.3 is 0 Å². The van der Waals surface area contributed by atoms with Crippen LogP contribution in [0, 0.1) is 5.92 Å². The number of likely N-dealkylation sites (N-methyl/N-ethyl adjacent to an activating group) is 1. The first-order chi connectivity index (χ1) is 13.5. The van der Waals surface area contributed by atoms with E-state index < -0.39 is 0 Å². The van der Waals surface area contributed by atoms with E-state index in [-0.39, 0.29) is 24.7 Å². The average molecular weight is 387 g/mol. The molecular weight excluding hydrogens is 356 g/mol. The summed E-state index contributed by atoms with van der Waals surface area (Å²) in [5.41, 5.74) is 0.878. The Morgan fingerprint density at radius 1 is 1.29 bits per heavy atom. The molecule has 2 unspecified atom stereocenters. The molecule has 0 spiro atoms. The molecule has 0 bridgehead atoms. The van der Waals surface area contributed by atoms with E-state index in [2.05, 4.69) is 29.4 Å². The first kappa shape index (κ1) is 20.4. The summed E-state index contributed by atoms with van der Waals surface area (Å²) in [6.07, 6.45) is 0.961. The Morgan fingerprint density at radius 2 is 2.07 bits per heavy atom. The van der Waals surface area contributed by atoms with E-state index in [0.29, 0.717) is 19.6 Å². The number of nitrogens with one attached hydrogen (secondary N) is 2. The second kappa shape index (κ2) is 9.27. The van der Waals surface area contributed by atoms with Crippen molar-refractivity contribution < 1.29 is 9.90 Å². The maximum Gasteiger partial charge on any atom is 0.209 e. The normalized spacial score (nSPS) is 19.2. The number of amides is 1. The van der Waals surface area contributed by atoms with Crippen LogP contribution in [0.1, 0.15) is 19.7 Å². The highest BCUT2D eigenvalue weighted by Gasteiger charge is 2.26. The molecule has 1 aromatic carbocycles. The third-order valence-corrected chi connectivity index (χ3v) is 5.32. The van der Waals surface area contributed by atoms with E-state index >= 15 is 0 Å². The zero-order valence-electron chi connectivity index (χ0n) is 16.8. The topological polar surface area (TPSA) is 93.6 Å². The van der Waals surface area contributed by atoms with Gasteiger partial charge in [0.05, 0.1) is 30.9 Å². The largest absolute Gasteiger partial charge is 0.394 e. The summed E-state index contributed by atoms with van der Waals surface area (Å²) in [6, 6.07) is 7.83. The van der Waals surface area contributed by atoms with Crippen LogP contribution in [0.5, 0.6) is 0 Å². The maximum atomic E-state index is 11.1. The molecule has 2 atom stereocenters. The van der Waals surface area contributed by atoms with Crippen LogP contribution in [0.25, 0.3) is 10.9 Å². The summed E-state index contributed by atoms with van der Waals surface area (Å²) in [7, 11) is 1.90. The highest BCUT2D eigenvalue weighted by molar-refractivity contribution is 5.89. The molecule has 3 rings (SSSR count). The van der Waals surface area contributed by atoms with Gasteiger partial charge in [0.15, 0.2) is 0 Å². The Bertz CT molecular complexity index is 799. The Morgan fingerprint density at radius 3 is 2.75 bits per heavy atom. The van der Waals surface area contributed by atoms with Gasteiger partial charge in [-0.15, -0.1) is 0 Å². The van der Waals surface area contributed by atoms with Crippen LogP contribution in [0.4, 0.5) is 5.82 Å². The number of piperazine rings is 1. The van der Waals surface area contributed by atoms with Crippen LogP contribution in [0.15, 0.2) is 24.3 Å². The second-order valence-electron chi connectivity index (χ2n) is 7.56. The molecule has 2 heterocycles. The van der Waals surface area contributed by atoms with E-state index in [9.17, 15) is 9.90 Å². The lowest BCUT2D eigenvalue weighted by molar-refractivity contribution is -0.121. The number of hydrogen-bond donors (Lipinski definition) is 3. The number of aromatic nitrogens is 2. The molecular formula is C20H30N6O2. The number of fused-ring (bicyclic) bond motifs is 1. The van der Waals surface area contributed by atoms with E-state index in [0.717, 1.165) is 35.5 Å². The maximum absolute atomic E-state index is 11.1. The van der Waals surface area contributed by atoms with Gasteiger partial charge in [-0.25, -0.2) is 9.97 Å². The average Bonchev–Trinajstić information content (AvgIpc) is 2.71. The summed E-state index contributed by atoms with van der Waals surface area (Å²) in [5.74, 6) is 1.75. The van der Waals surface area contributed by atoms with Gasteiger partial charge in [0.1, 0.15) is 11.6 Å². The van der Waals surface area contributed by atoms with Crippen LogP contribution in [-0.4, -0.2) is 76.8 Å². The lowest BCUT2D eigenvalue weighted by Crippen LogP contribution is -2.57. The minimum atomic E-state index is -0.0765. The molecule has 1 aliphatic heterocycles. The molecule has 1 fully saturated rings. The molecule has 8 nitrogen and oxygen atoms in total. The van der Waals surface area contributed by atoms with Gasteiger partial charge in [0.2, 0.25) is 6.41 Å². The number of nitrogens with zero attached hydrogens (tertiary/aromatic N) is 4. The number of para-hydroxylation sites is 1. The number of anilines is 1. The number of benzene rings is 1. The zero-order chi connectivity index (χ0) is 20.1. The molecule has 3 N–H and O–H groups in total. The van der Waals surface area contributed by atoms with Gasteiger partial charge in [0.25, 0.3) is 0 Å². The molecule has 28 heavy (non-hydrogen) atoms. The monoisotopic (exact) mass is 386 g/mol. The van der Waals surface area contributed by atoms with Crippen LogP contribution < -0.4 is 10.6 Å². The smallest absolute Gasteiger partial charge is 0.209 e. The molecule has 2 aromatic rings. The molecule has 1 aromatic heterocycles. The quantitative estimate of drug-likeness (QED) is 0.580. The molecule has 0 aliphatic carbocycles. The Hall–Kier alpha value is -2.29. The standard InChI is InChI=1S/C20H30N6O2/c1-14(2)17(12-27)23-20-15-6-4-5-7-16(15)22-18(24-20)10-26-9-8-25(13-28)11-19(26)21-3/h4-7,13-14,17,19,21,27H,8-12H2,1-3H3,(H,22,23,24). The fraction of sp³-hybridized carbons (Fsp3) is 0.550. The van der Waals surface area contributed by atoms with Crippen molar-refractivity contribution in [3.05, 3.63) is 30.1 Å². The lowest BCUT2D eigenvalue weighted by atomic mass is 10.1. The summed E-state index contributed by atoms with van der Waals surface area (Å²) >= 11 is 0. The summed E-state index contributed by atoms with van der Waals surface area (Å²) in [5, 5.41) is 17.3. The van der Waals surface area contributed by atoms with Crippen LogP contribution in [0.3, 0.4) is 0 Å². The zero-order valence-corrected chi connectivity index (χ0v) is 16.8. The van der Waals surface area contributed by atoms with Crippen molar-refractivity contribution >= 4 is 23.1 Å². The molecule has 1 amide bonds. The fourth-order valence-corrected chi connectivity index (χ4v) is 3.49. The van der Waals surface area contributed by atoms with Crippen LogP contribution in [-0.2, 0) is 11.3 Å². The number of aliphatic hydroxyl groups excluding tert-OH is 1. The van der Waals surface area contributed by atoms with Crippen molar-refractivity contribution in [2.75, 3.05) is 38.6 Å². The first-order valence-electron chi connectivity index (χ1n) is 9.79. The number of hydrogen-bond acceptors (Lipinski definition) is 7. The molecule has 152 valence electrons. The summed E-state index contributed by atoms with van der Waals surface area (Å²) in [4.78, 5) is 24.7.